The molecule has 12 heteroatoms. The highest BCUT2D eigenvalue weighted by Gasteiger charge is 2.43. The third-order valence-corrected chi connectivity index (χ3v) is 7.18. The molecule has 4 N–H and O–H groups in total. The molecule has 0 unspecified atom stereocenters. The molecule has 1 saturated heterocycles. The van der Waals surface area contributed by atoms with Gasteiger partial charge in [-0.3, -0.25) is 19.9 Å². The van der Waals surface area contributed by atoms with Gasteiger partial charge in [-0.25, -0.2) is 19.2 Å². The third kappa shape index (κ3) is 6.99. The topological polar surface area (TPSA) is 130 Å². The average Bonchev–Trinajstić information content (AvgIpc) is 2.94. The number of nitrogens with one attached hydrogen (secondary N) is 2. The molecule has 3 amide bonds. The fourth-order valence-corrected chi connectivity index (χ4v) is 4.74. The minimum Gasteiger partial charge on any atom is -0.448 e. The molecule has 1 aliphatic rings. The molecule has 2 heterocycles. The Bertz CT molecular complexity index is 1330. The molecule has 0 spiro atoms. The van der Waals surface area contributed by atoms with Crippen LogP contribution in [0.1, 0.15) is 18.4 Å². The van der Waals surface area contributed by atoms with Gasteiger partial charge in [0.1, 0.15) is 18.2 Å². The Labute approximate surface area is 230 Å². The van der Waals surface area contributed by atoms with Crippen molar-refractivity contribution in [2.45, 2.75) is 19.4 Å². The van der Waals surface area contributed by atoms with Crippen molar-refractivity contribution in [3.05, 3.63) is 71.1 Å². The molecule has 0 radical (unpaired) electrons. The van der Waals surface area contributed by atoms with Crippen LogP contribution in [0, 0.1) is 11.2 Å². The van der Waals surface area contributed by atoms with Gasteiger partial charge in [0.05, 0.1) is 5.41 Å². The molecule has 1 aliphatic heterocycles. The van der Waals surface area contributed by atoms with E-state index in [0.29, 0.717) is 55.8 Å². The summed E-state index contributed by atoms with van der Waals surface area (Å²) in [5.41, 5.74) is 5.33. The highest BCUT2D eigenvalue weighted by Crippen LogP contribution is 2.33. The summed E-state index contributed by atoms with van der Waals surface area (Å²) in [6.07, 6.45) is 2.10. The maximum atomic E-state index is 13.6. The van der Waals surface area contributed by atoms with Crippen molar-refractivity contribution >= 4 is 46.6 Å². The van der Waals surface area contributed by atoms with Crippen LogP contribution in [-0.2, 0) is 20.9 Å². The van der Waals surface area contributed by atoms with Crippen molar-refractivity contribution in [2.24, 2.45) is 11.1 Å². The Morgan fingerprint density at radius 3 is 2.67 bits per heavy atom. The second kappa shape index (κ2) is 12.8. The number of hydrazine groups is 1. The van der Waals surface area contributed by atoms with Crippen LogP contribution in [0.25, 0.3) is 10.8 Å². The first-order chi connectivity index (χ1) is 18.8. The number of nitrogens with zero attached hydrogens (tertiary/aromatic N) is 3. The fraction of sp³-hybridized carbons (Fsp3) is 0.333. The summed E-state index contributed by atoms with van der Waals surface area (Å²) in [4.78, 5) is 41.8. The smallest absolute Gasteiger partial charge is 0.412 e. The van der Waals surface area contributed by atoms with Crippen LogP contribution in [0.2, 0.25) is 5.02 Å². The number of halogens is 2. The van der Waals surface area contributed by atoms with Crippen molar-refractivity contribution in [3.8, 4) is 0 Å². The van der Waals surface area contributed by atoms with Gasteiger partial charge in [0, 0.05) is 49.3 Å². The highest BCUT2D eigenvalue weighted by molar-refractivity contribution is 6.31. The van der Waals surface area contributed by atoms with Gasteiger partial charge in [-0.15, -0.1) is 0 Å². The molecule has 4 rings (SSSR count). The van der Waals surface area contributed by atoms with Crippen molar-refractivity contribution in [1.29, 1.82) is 0 Å². The van der Waals surface area contributed by atoms with E-state index in [1.165, 1.54) is 29.4 Å². The number of amides is 3. The van der Waals surface area contributed by atoms with E-state index >= 15 is 0 Å². The quantitative estimate of drug-likeness (QED) is 0.327. The van der Waals surface area contributed by atoms with Gasteiger partial charge in [0.15, 0.2) is 0 Å². The normalized spacial score (nSPS) is 14.9. The Morgan fingerprint density at radius 1 is 1.18 bits per heavy atom. The number of anilines is 1. The molecule has 0 saturated carbocycles. The molecule has 0 aliphatic carbocycles. The van der Waals surface area contributed by atoms with Crippen molar-refractivity contribution in [3.63, 3.8) is 0 Å². The van der Waals surface area contributed by atoms with E-state index in [0.717, 1.165) is 10.9 Å². The maximum absolute atomic E-state index is 13.6. The number of hydrogen-bond acceptors (Lipinski definition) is 7. The van der Waals surface area contributed by atoms with E-state index in [4.69, 9.17) is 22.1 Å². The number of aromatic nitrogens is 1. The van der Waals surface area contributed by atoms with Crippen molar-refractivity contribution in [2.75, 3.05) is 38.1 Å². The van der Waals surface area contributed by atoms with E-state index in [-0.39, 0.29) is 24.9 Å². The van der Waals surface area contributed by atoms with Crippen molar-refractivity contribution < 1.29 is 23.5 Å². The minimum absolute atomic E-state index is 0.188. The van der Waals surface area contributed by atoms with Gasteiger partial charge in [0.25, 0.3) is 0 Å². The standard InChI is InChI=1S/C27H30ClFN6O4/c28-23-4-2-1-3-20(23)16-32-25(37)27(7-10-34(11-8-27)35(18-36)12-9-30)17-39-26(38)33-24-14-21-13-22(29)6-5-19(21)15-31-24/h1-6,13-15,18H,7-12,16-17,30H2,(H,32,37)(H,31,33,38). The number of nitrogens with two attached hydrogens (primary N) is 1. The number of hydrogen-bond donors (Lipinski definition) is 3. The summed E-state index contributed by atoms with van der Waals surface area (Å²) in [5, 5.41) is 10.6. The zero-order valence-corrected chi connectivity index (χ0v) is 22.0. The average molecular weight is 557 g/mol. The number of ether oxygens (including phenoxy) is 1. The number of pyridine rings is 1. The molecule has 0 bridgehead atoms. The van der Waals surface area contributed by atoms with E-state index in [2.05, 4.69) is 15.6 Å². The lowest BCUT2D eigenvalue weighted by Gasteiger charge is -2.43. The summed E-state index contributed by atoms with van der Waals surface area (Å²) >= 11 is 6.24. The largest absolute Gasteiger partial charge is 0.448 e. The number of fused-ring (bicyclic) bond motifs is 1. The predicted octanol–water partition coefficient (Wildman–Crippen LogP) is 3.31. The fourth-order valence-electron chi connectivity index (χ4n) is 4.54. The second-order valence-corrected chi connectivity index (χ2v) is 9.73. The molecule has 3 aromatic rings. The monoisotopic (exact) mass is 556 g/mol. The lowest BCUT2D eigenvalue weighted by molar-refractivity contribution is -0.148. The third-order valence-electron chi connectivity index (χ3n) is 6.81. The molecule has 1 fully saturated rings. The molecule has 2 aromatic carbocycles. The van der Waals surface area contributed by atoms with Crippen LogP contribution < -0.4 is 16.4 Å². The Hall–Kier alpha value is -3.80. The molecule has 206 valence electrons. The minimum atomic E-state index is -1.04. The second-order valence-electron chi connectivity index (χ2n) is 9.33. The SMILES string of the molecule is NCCN(C=O)N1CCC(COC(=O)Nc2cc3cc(F)ccc3cn2)(C(=O)NCc2ccccc2Cl)CC1. The van der Waals surface area contributed by atoms with Crippen LogP contribution in [0.5, 0.6) is 0 Å². The Morgan fingerprint density at radius 2 is 1.95 bits per heavy atom. The van der Waals surface area contributed by atoms with Gasteiger partial charge in [-0.05, 0) is 54.1 Å². The van der Waals surface area contributed by atoms with Gasteiger partial charge in [-0.1, -0.05) is 29.8 Å². The van der Waals surface area contributed by atoms with Gasteiger partial charge >= 0.3 is 6.09 Å². The van der Waals surface area contributed by atoms with Gasteiger partial charge in [0.2, 0.25) is 12.3 Å². The Kier molecular flexibility index (Phi) is 9.28. The molecular formula is C27H30ClFN6O4. The predicted molar refractivity (Wildman–Crippen MR) is 145 cm³/mol. The molecule has 39 heavy (non-hydrogen) atoms. The first-order valence-corrected chi connectivity index (χ1v) is 12.9. The maximum Gasteiger partial charge on any atom is 0.412 e. The number of piperidine rings is 1. The summed E-state index contributed by atoms with van der Waals surface area (Å²) in [5.74, 6) is -0.503. The summed E-state index contributed by atoms with van der Waals surface area (Å²) in [6, 6.07) is 13.0. The lowest BCUT2D eigenvalue weighted by Crippen LogP contribution is -2.55. The number of benzene rings is 2. The Balaban J connectivity index is 1.44. The van der Waals surface area contributed by atoms with Crippen LogP contribution >= 0.6 is 11.6 Å². The number of carbonyl (C=O) groups excluding carboxylic acids is 3. The number of carbonyl (C=O) groups is 3. The summed E-state index contributed by atoms with van der Waals surface area (Å²) in [7, 11) is 0. The van der Waals surface area contributed by atoms with Crippen LogP contribution in [0.4, 0.5) is 15.0 Å². The highest BCUT2D eigenvalue weighted by atomic mass is 35.5. The van der Waals surface area contributed by atoms with E-state index in [1.54, 1.807) is 18.2 Å². The zero-order chi connectivity index (χ0) is 27.8. The molecule has 10 nitrogen and oxygen atoms in total. The first kappa shape index (κ1) is 28.2. The lowest BCUT2D eigenvalue weighted by atomic mass is 9.78. The zero-order valence-electron chi connectivity index (χ0n) is 21.2. The molecular weight excluding hydrogens is 527 g/mol. The van der Waals surface area contributed by atoms with Crippen LogP contribution in [0.15, 0.2) is 54.7 Å². The van der Waals surface area contributed by atoms with E-state index < -0.39 is 17.3 Å². The van der Waals surface area contributed by atoms with Crippen LogP contribution in [-0.4, -0.2) is 66.2 Å². The van der Waals surface area contributed by atoms with Gasteiger partial charge in [-0.2, -0.15) is 0 Å². The van der Waals surface area contributed by atoms with E-state index in [1.807, 2.05) is 17.1 Å². The summed E-state index contributed by atoms with van der Waals surface area (Å²) < 4.78 is 19.1. The van der Waals surface area contributed by atoms with Gasteiger partial charge < -0.3 is 15.8 Å². The molecule has 0 atom stereocenters. The van der Waals surface area contributed by atoms with Crippen LogP contribution in [0.3, 0.4) is 0 Å². The number of rotatable bonds is 10. The summed E-state index contributed by atoms with van der Waals surface area (Å²) in [6.45, 7) is 1.46. The van der Waals surface area contributed by atoms with E-state index in [9.17, 15) is 18.8 Å². The first-order valence-electron chi connectivity index (χ1n) is 12.5. The van der Waals surface area contributed by atoms with Crippen molar-refractivity contribution in [1.82, 2.24) is 20.3 Å². The molecule has 1 aromatic heterocycles.